The molecule has 0 aliphatic heterocycles. The van der Waals surface area contributed by atoms with Crippen LogP contribution in [0, 0.1) is 0 Å². The Morgan fingerprint density at radius 3 is 2.56 bits per heavy atom. The van der Waals surface area contributed by atoms with Gasteiger partial charge in [0.1, 0.15) is 11.5 Å². The fraction of sp³-hybridized carbons (Fsp3) is 0.250. The Balaban J connectivity index is 1.96. The van der Waals surface area contributed by atoms with Gasteiger partial charge < -0.3 is 5.32 Å². The van der Waals surface area contributed by atoms with Gasteiger partial charge in [-0.15, -0.1) is 0 Å². The predicted octanol–water partition coefficient (Wildman–Crippen LogP) is 5.18. The van der Waals surface area contributed by atoms with Crippen molar-refractivity contribution >= 4 is 34.9 Å². The molecule has 0 saturated carbocycles. The zero-order chi connectivity index (χ0) is 19.6. The molecule has 0 fully saturated rings. The predicted molar refractivity (Wildman–Crippen MR) is 109 cm³/mol. The van der Waals surface area contributed by atoms with E-state index in [0.29, 0.717) is 28.1 Å². The highest BCUT2D eigenvalue weighted by atomic mass is 35.5. The van der Waals surface area contributed by atoms with Crippen molar-refractivity contribution in [1.82, 2.24) is 14.8 Å². The number of nitrogens with zero attached hydrogens (tertiary/aromatic N) is 3. The molecule has 27 heavy (non-hydrogen) atoms. The Labute approximate surface area is 168 Å². The molecule has 1 amide bonds. The summed E-state index contributed by atoms with van der Waals surface area (Å²) in [5.74, 6) is 0.207. The number of rotatable bonds is 4. The van der Waals surface area contributed by atoms with Gasteiger partial charge in [-0.3, -0.25) is 9.48 Å². The van der Waals surface area contributed by atoms with E-state index in [1.165, 1.54) is 0 Å². The van der Waals surface area contributed by atoms with E-state index in [1.54, 1.807) is 35.1 Å². The number of carbonyl (C=O) groups is 1. The third-order valence-electron chi connectivity index (χ3n) is 4.02. The number of anilines is 1. The summed E-state index contributed by atoms with van der Waals surface area (Å²) in [6.07, 6.45) is 1.63. The molecule has 3 aromatic rings. The minimum Gasteiger partial charge on any atom is -0.305 e. The Morgan fingerprint density at radius 1 is 1.15 bits per heavy atom. The lowest BCUT2D eigenvalue weighted by molar-refractivity contribution is 0.101. The maximum absolute atomic E-state index is 12.8. The number of pyridine rings is 1. The molecule has 2 heterocycles. The summed E-state index contributed by atoms with van der Waals surface area (Å²) in [4.78, 5) is 17.0. The average Bonchev–Trinajstić information content (AvgIpc) is 3.03. The van der Waals surface area contributed by atoms with Crippen molar-refractivity contribution in [3.05, 3.63) is 75.7 Å². The first-order chi connectivity index (χ1) is 12.7. The molecule has 0 unspecified atom stereocenters. The molecule has 0 spiro atoms. The van der Waals surface area contributed by atoms with Crippen LogP contribution in [0.3, 0.4) is 0 Å². The summed E-state index contributed by atoms with van der Waals surface area (Å²) in [5.41, 5.74) is 1.89. The molecule has 2 aromatic heterocycles. The highest BCUT2D eigenvalue weighted by Crippen LogP contribution is 2.25. The van der Waals surface area contributed by atoms with Crippen molar-refractivity contribution in [2.75, 3.05) is 5.32 Å². The van der Waals surface area contributed by atoms with Gasteiger partial charge >= 0.3 is 0 Å². The summed E-state index contributed by atoms with van der Waals surface area (Å²) in [7, 11) is 0. The molecule has 140 valence electrons. The van der Waals surface area contributed by atoms with Crippen molar-refractivity contribution in [3.8, 4) is 0 Å². The number of aromatic nitrogens is 3. The molecule has 0 atom stereocenters. The monoisotopic (exact) mass is 402 g/mol. The standard InChI is InChI=1S/C20H20Cl2N4O/c1-20(2,3)17-11-16(19(27)24-18-6-4-5-9-23-18)26(25-17)12-13-7-8-14(21)10-15(13)22/h4-11H,12H2,1-3H3,(H,23,24,27). The molecule has 0 aliphatic rings. The fourth-order valence-electron chi connectivity index (χ4n) is 2.51. The van der Waals surface area contributed by atoms with Gasteiger partial charge in [0.2, 0.25) is 0 Å². The van der Waals surface area contributed by atoms with Crippen LogP contribution in [-0.4, -0.2) is 20.7 Å². The number of carbonyl (C=O) groups excluding carboxylic acids is 1. The lowest BCUT2D eigenvalue weighted by Crippen LogP contribution is -2.19. The number of benzene rings is 1. The van der Waals surface area contributed by atoms with Gasteiger partial charge in [0.05, 0.1) is 12.2 Å². The molecule has 0 bridgehead atoms. The van der Waals surface area contributed by atoms with Crippen molar-refractivity contribution < 1.29 is 4.79 Å². The average molecular weight is 403 g/mol. The minimum absolute atomic E-state index is 0.199. The van der Waals surface area contributed by atoms with Crippen LogP contribution in [0.25, 0.3) is 0 Å². The summed E-state index contributed by atoms with van der Waals surface area (Å²) in [5, 5.41) is 8.55. The van der Waals surface area contributed by atoms with Crippen molar-refractivity contribution in [3.63, 3.8) is 0 Å². The molecule has 0 aliphatic carbocycles. The van der Waals surface area contributed by atoms with Crippen LogP contribution < -0.4 is 5.32 Å². The summed E-state index contributed by atoms with van der Waals surface area (Å²) < 4.78 is 1.66. The first-order valence-corrected chi connectivity index (χ1v) is 9.24. The molecule has 1 aromatic carbocycles. The normalized spacial score (nSPS) is 11.4. The lowest BCUT2D eigenvalue weighted by Gasteiger charge is -2.14. The van der Waals surface area contributed by atoms with Crippen LogP contribution in [0.5, 0.6) is 0 Å². The van der Waals surface area contributed by atoms with Crippen LogP contribution >= 0.6 is 23.2 Å². The van der Waals surface area contributed by atoms with E-state index in [0.717, 1.165) is 11.3 Å². The molecule has 5 nitrogen and oxygen atoms in total. The van der Waals surface area contributed by atoms with Crippen molar-refractivity contribution in [2.45, 2.75) is 32.7 Å². The van der Waals surface area contributed by atoms with E-state index in [4.69, 9.17) is 23.2 Å². The second kappa shape index (κ2) is 7.71. The van der Waals surface area contributed by atoms with Gasteiger partial charge in [0.25, 0.3) is 5.91 Å². The zero-order valence-electron chi connectivity index (χ0n) is 15.3. The smallest absolute Gasteiger partial charge is 0.275 e. The van der Waals surface area contributed by atoms with E-state index in [2.05, 4.69) is 36.2 Å². The molecule has 3 rings (SSSR count). The lowest BCUT2D eigenvalue weighted by atomic mass is 9.92. The molecule has 0 radical (unpaired) electrons. The van der Waals surface area contributed by atoms with E-state index >= 15 is 0 Å². The number of amides is 1. The third kappa shape index (κ3) is 4.67. The Morgan fingerprint density at radius 2 is 1.93 bits per heavy atom. The van der Waals surface area contributed by atoms with E-state index in [9.17, 15) is 4.79 Å². The van der Waals surface area contributed by atoms with E-state index in [1.807, 2.05) is 18.2 Å². The van der Waals surface area contributed by atoms with E-state index < -0.39 is 0 Å². The van der Waals surface area contributed by atoms with Crippen LogP contribution in [0.1, 0.15) is 42.5 Å². The maximum Gasteiger partial charge on any atom is 0.275 e. The van der Waals surface area contributed by atoms with Crippen molar-refractivity contribution in [1.29, 1.82) is 0 Å². The van der Waals surface area contributed by atoms with Crippen LogP contribution in [0.2, 0.25) is 10.0 Å². The molecule has 0 saturated heterocycles. The van der Waals surface area contributed by atoms with Gasteiger partial charge in [-0.05, 0) is 35.9 Å². The summed E-state index contributed by atoms with van der Waals surface area (Å²) in [6.45, 7) is 6.51. The number of hydrogen-bond donors (Lipinski definition) is 1. The van der Waals surface area contributed by atoms with Gasteiger partial charge in [0.15, 0.2) is 0 Å². The highest BCUT2D eigenvalue weighted by Gasteiger charge is 2.23. The quantitative estimate of drug-likeness (QED) is 0.653. The molecule has 1 N–H and O–H groups in total. The Kier molecular flexibility index (Phi) is 5.53. The number of hydrogen-bond acceptors (Lipinski definition) is 3. The van der Waals surface area contributed by atoms with Crippen LogP contribution in [0.15, 0.2) is 48.7 Å². The Hall–Kier alpha value is -2.37. The molecular formula is C20H20Cl2N4O. The second-order valence-electron chi connectivity index (χ2n) is 7.23. The zero-order valence-corrected chi connectivity index (χ0v) is 16.8. The van der Waals surface area contributed by atoms with Crippen LogP contribution in [0.4, 0.5) is 5.82 Å². The second-order valence-corrected chi connectivity index (χ2v) is 8.07. The van der Waals surface area contributed by atoms with Crippen molar-refractivity contribution in [2.24, 2.45) is 0 Å². The SMILES string of the molecule is CC(C)(C)c1cc(C(=O)Nc2ccccn2)n(Cc2ccc(Cl)cc2Cl)n1. The summed E-state index contributed by atoms with van der Waals surface area (Å²) in [6, 6.07) is 12.4. The maximum atomic E-state index is 12.8. The first kappa shape index (κ1) is 19.4. The summed E-state index contributed by atoms with van der Waals surface area (Å²) >= 11 is 12.3. The first-order valence-electron chi connectivity index (χ1n) is 8.48. The van der Waals surface area contributed by atoms with Crippen LogP contribution in [-0.2, 0) is 12.0 Å². The van der Waals surface area contributed by atoms with E-state index in [-0.39, 0.29) is 11.3 Å². The topological polar surface area (TPSA) is 59.8 Å². The largest absolute Gasteiger partial charge is 0.305 e. The molecular weight excluding hydrogens is 383 g/mol. The molecule has 7 heteroatoms. The number of halogens is 2. The number of nitrogens with one attached hydrogen (secondary N) is 1. The minimum atomic E-state index is -0.276. The fourth-order valence-corrected chi connectivity index (χ4v) is 2.98. The van der Waals surface area contributed by atoms with Gasteiger partial charge in [-0.2, -0.15) is 5.10 Å². The third-order valence-corrected chi connectivity index (χ3v) is 4.61. The Bertz CT molecular complexity index is 962. The van der Waals surface area contributed by atoms with Gasteiger partial charge in [-0.1, -0.05) is 56.1 Å². The van der Waals surface area contributed by atoms with Gasteiger partial charge in [-0.25, -0.2) is 4.98 Å². The van der Waals surface area contributed by atoms with Gasteiger partial charge in [0, 0.05) is 21.7 Å². The highest BCUT2D eigenvalue weighted by molar-refractivity contribution is 6.35.